The Hall–Kier alpha value is -2.73. The molecule has 142 valence electrons. The van der Waals surface area contributed by atoms with Crippen LogP contribution in [0.4, 0.5) is 5.69 Å². The molecule has 5 nitrogen and oxygen atoms in total. The fourth-order valence-electron chi connectivity index (χ4n) is 4.32. The van der Waals surface area contributed by atoms with Gasteiger partial charge in [0, 0.05) is 23.0 Å². The van der Waals surface area contributed by atoms with Gasteiger partial charge in [0.25, 0.3) is 5.78 Å². The van der Waals surface area contributed by atoms with Gasteiger partial charge < -0.3 is 5.32 Å². The molecule has 3 aromatic heterocycles. The fraction of sp³-hybridized carbons (Fsp3) is 0.318. The molecule has 0 fully saturated rings. The SMILES string of the molecule is Cc1cc2c(cc1-c1ccnc3nc(-c4cccs4)nn13)C(C)CC(C)(C)N2. The molecule has 0 amide bonds. The molecule has 6 heteroatoms. The molecular weight excluding hydrogens is 366 g/mol. The van der Waals surface area contributed by atoms with Crippen LogP contribution in [0.5, 0.6) is 0 Å². The number of aryl methyl sites for hydroxylation is 1. The number of anilines is 1. The van der Waals surface area contributed by atoms with E-state index < -0.39 is 0 Å². The molecule has 28 heavy (non-hydrogen) atoms. The molecular formula is C22H23N5S. The Balaban J connectivity index is 1.68. The molecule has 1 atom stereocenters. The third kappa shape index (κ3) is 2.79. The highest BCUT2D eigenvalue weighted by Crippen LogP contribution is 2.41. The number of hydrogen-bond donors (Lipinski definition) is 1. The van der Waals surface area contributed by atoms with Gasteiger partial charge in [0.05, 0.1) is 10.6 Å². The first-order chi connectivity index (χ1) is 13.4. The van der Waals surface area contributed by atoms with Crippen LogP contribution in [0.1, 0.15) is 44.2 Å². The van der Waals surface area contributed by atoms with Crippen molar-refractivity contribution in [1.82, 2.24) is 19.6 Å². The summed E-state index contributed by atoms with van der Waals surface area (Å²) in [4.78, 5) is 10.1. The van der Waals surface area contributed by atoms with Crippen molar-refractivity contribution in [2.45, 2.75) is 45.6 Å². The molecule has 4 heterocycles. The number of hydrogen-bond acceptors (Lipinski definition) is 5. The van der Waals surface area contributed by atoms with Gasteiger partial charge in [-0.1, -0.05) is 13.0 Å². The van der Waals surface area contributed by atoms with Crippen LogP contribution in [0.3, 0.4) is 0 Å². The second kappa shape index (κ2) is 6.14. The Bertz CT molecular complexity index is 1170. The molecule has 4 aromatic rings. The first-order valence-corrected chi connectivity index (χ1v) is 10.5. The summed E-state index contributed by atoms with van der Waals surface area (Å²) in [6.07, 6.45) is 2.93. The van der Waals surface area contributed by atoms with Gasteiger partial charge in [0.15, 0.2) is 5.82 Å². The van der Waals surface area contributed by atoms with Crippen LogP contribution >= 0.6 is 11.3 Å². The van der Waals surface area contributed by atoms with E-state index in [1.165, 1.54) is 22.4 Å². The van der Waals surface area contributed by atoms with Gasteiger partial charge in [0.2, 0.25) is 0 Å². The maximum Gasteiger partial charge on any atom is 0.253 e. The number of thiophene rings is 1. The van der Waals surface area contributed by atoms with Crippen LogP contribution in [0.2, 0.25) is 0 Å². The van der Waals surface area contributed by atoms with E-state index in [1.807, 2.05) is 34.3 Å². The highest BCUT2D eigenvalue weighted by molar-refractivity contribution is 7.13. The summed E-state index contributed by atoms with van der Waals surface area (Å²) in [5.74, 6) is 1.85. The number of fused-ring (bicyclic) bond motifs is 2. The maximum absolute atomic E-state index is 4.76. The first kappa shape index (κ1) is 17.4. The molecule has 1 unspecified atom stereocenters. The highest BCUT2D eigenvalue weighted by atomic mass is 32.1. The van der Waals surface area contributed by atoms with Gasteiger partial charge in [-0.3, -0.25) is 0 Å². The first-order valence-electron chi connectivity index (χ1n) is 9.60. The summed E-state index contributed by atoms with van der Waals surface area (Å²) < 4.78 is 1.87. The molecule has 0 saturated heterocycles. The number of rotatable bonds is 2. The van der Waals surface area contributed by atoms with Gasteiger partial charge in [-0.15, -0.1) is 16.4 Å². The largest absolute Gasteiger partial charge is 0.380 e. The lowest BCUT2D eigenvalue weighted by atomic mass is 9.80. The Morgan fingerprint density at radius 3 is 2.89 bits per heavy atom. The maximum atomic E-state index is 4.76. The quantitative estimate of drug-likeness (QED) is 0.490. The molecule has 0 spiro atoms. The summed E-state index contributed by atoms with van der Waals surface area (Å²) in [6, 6.07) is 10.7. The Labute approximate surface area is 168 Å². The predicted octanol–water partition coefficient (Wildman–Crippen LogP) is 5.53. The van der Waals surface area contributed by atoms with Gasteiger partial charge >= 0.3 is 0 Å². The second-order valence-corrected chi connectivity index (χ2v) is 9.27. The van der Waals surface area contributed by atoms with E-state index in [0.29, 0.717) is 11.7 Å². The molecule has 0 aliphatic carbocycles. The smallest absolute Gasteiger partial charge is 0.253 e. The highest BCUT2D eigenvalue weighted by Gasteiger charge is 2.30. The van der Waals surface area contributed by atoms with Gasteiger partial charge in [-0.05, 0) is 73.9 Å². The van der Waals surface area contributed by atoms with Crippen molar-refractivity contribution in [1.29, 1.82) is 0 Å². The van der Waals surface area contributed by atoms with E-state index in [-0.39, 0.29) is 5.54 Å². The topological polar surface area (TPSA) is 55.1 Å². The van der Waals surface area contributed by atoms with Crippen molar-refractivity contribution >= 4 is 22.8 Å². The van der Waals surface area contributed by atoms with Gasteiger partial charge in [-0.2, -0.15) is 9.50 Å². The minimum Gasteiger partial charge on any atom is -0.380 e. The standard InChI is InChI=1S/C22H23N5S/c1-13-10-17-15(14(2)12-22(3,4)25-17)11-16(13)18-7-8-23-21-24-20(26-27(18)21)19-6-5-9-28-19/h5-11,14,25H,12H2,1-4H3. The van der Waals surface area contributed by atoms with Crippen LogP contribution in [0.25, 0.3) is 27.7 Å². The fourth-order valence-corrected chi connectivity index (χ4v) is 4.97. The molecule has 1 N–H and O–H groups in total. The van der Waals surface area contributed by atoms with Crippen LogP contribution in [0, 0.1) is 6.92 Å². The molecule has 5 rings (SSSR count). The van der Waals surface area contributed by atoms with Crippen molar-refractivity contribution in [3.63, 3.8) is 0 Å². The molecule has 0 radical (unpaired) electrons. The van der Waals surface area contributed by atoms with E-state index in [4.69, 9.17) is 5.10 Å². The Kier molecular flexibility index (Phi) is 3.81. The summed E-state index contributed by atoms with van der Waals surface area (Å²) in [5, 5.41) is 10.5. The summed E-state index contributed by atoms with van der Waals surface area (Å²) in [7, 11) is 0. The lowest BCUT2D eigenvalue weighted by Crippen LogP contribution is -2.36. The van der Waals surface area contributed by atoms with Crippen LogP contribution in [-0.4, -0.2) is 25.1 Å². The lowest BCUT2D eigenvalue weighted by Gasteiger charge is -2.38. The average Bonchev–Trinajstić information content (AvgIpc) is 3.29. The Morgan fingerprint density at radius 1 is 1.25 bits per heavy atom. The van der Waals surface area contributed by atoms with Gasteiger partial charge in [0.1, 0.15) is 0 Å². The van der Waals surface area contributed by atoms with Crippen LogP contribution in [0.15, 0.2) is 41.9 Å². The third-order valence-electron chi connectivity index (χ3n) is 5.48. The van der Waals surface area contributed by atoms with E-state index in [1.54, 1.807) is 11.3 Å². The summed E-state index contributed by atoms with van der Waals surface area (Å²) in [5.41, 5.74) is 6.15. The van der Waals surface area contributed by atoms with E-state index >= 15 is 0 Å². The van der Waals surface area contributed by atoms with E-state index in [0.717, 1.165) is 22.8 Å². The zero-order valence-electron chi connectivity index (χ0n) is 16.5. The third-order valence-corrected chi connectivity index (χ3v) is 6.34. The normalized spacial score (nSPS) is 18.1. The van der Waals surface area contributed by atoms with Crippen molar-refractivity contribution in [2.24, 2.45) is 0 Å². The summed E-state index contributed by atoms with van der Waals surface area (Å²) in [6.45, 7) is 9.01. The number of aromatic nitrogens is 4. The van der Waals surface area contributed by atoms with Crippen LogP contribution < -0.4 is 5.32 Å². The van der Waals surface area contributed by atoms with Crippen molar-refractivity contribution in [2.75, 3.05) is 5.32 Å². The van der Waals surface area contributed by atoms with Crippen LogP contribution in [-0.2, 0) is 0 Å². The lowest BCUT2D eigenvalue weighted by molar-refractivity contribution is 0.454. The van der Waals surface area contributed by atoms with Crippen molar-refractivity contribution in [3.05, 3.63) is 53.0 Å². The molecule has 1 aliphatic rings. The molecule has 0 bridgehead atoms. The second-order valence-electron chi connectivity index (χ2n) is 8.32. The molecule has 1 aromatic carbocycles. The monoisotopic (exact) mass is 389 g/mol. The number of nitrogens with zero attached hydrogens (tertiary/aromatic N) is 4. The average molecular weight is 390 g/mol. The summed E-state index contributed by atoms with van der Waals surface area (Å²) >= 11 is 1.64. The Morgan fingerprint density at radius 2 is 2.11 bits per heavy atom. The minimum absolute atomic E-state index is 0.117. The van der Waals surface area contributed by atoms with Gasteiger partial charge in [-0.25, -0.2) is 4.98 Å². The zero-order chi connectivity index (χ0) is 19.5. The molecule has 0 saturated carbocycles. The zero-order valence-corrected chi connectivity index (χ0v) is 17.3. The number of nitrogens with one attached hydrogen (secondary N) is 1. The van der Waals surface area contributed by atoms with E-state index in [2.05, 4.69) is 55.1 Å². The van der Waals surface area contributed by atoms with E-state index in [9.17, 15) is 0 Å². The van der Waals surface area contributed by atoms with Crippen molar-refractivity contribution < 1.29 is 0 Å². The van der Waals surface area contributed by atoms with Crippen molar-refractivity contribution in [3.8, 4) is 22.0 Å². The predicted molar refractivity (Wildman–Crippen MR) is 115 cm³/mol. The minimum atomic E-state index is 0.117. The number of benzene rings is 1. The molecule has 1 aliphatic heterocycles.